The molecule has 0 radical (unpaired) electrons. The highest BCUT2D eigenvalue weighted by atomic mass is 16.5. The van der Waals surface area contributed by atoms with Crippen LogP contribution in [0.15, 0.2) is 0 Å². The lowest BCUT2D eigenvalue weighted by molar-refractivity contribution is -0.146. The zero-order valence-corrected chi connectivity index (χ0v) is 8.10. The second kappa shape index (κ2) is 3.58. The van der Waals surface area contributed by atoms with E-state index in [9.17, 15) is 4.79 Å². The number of hydrogen-bond acceptors (Lipinski definition) is 4. The fraction of sp³-hybridized carbons (Fsp3) is 0.800. The average Bonchev–Trinajstić information content (AvgIpc) is 2.59. The van der Waals surface area contributed by atoms with Crippen LogP contribution >= 0.6 is 0 Å². The number of hydrogen-bond donors (Lipinski definition) is 0. The molecule has 1 saturated carbocycles. The van der Waals surface area contributed by atoms with E-state index in [4.69, 9.17) is 14.7 Å². The van der Waals surface area contributed by atoms with E-state index in [1.54, 1.807) is 0 Å². The molecule has 14 heavy (non-hydrogen) atoms. The summed E-state index contributed by atoms with van der Waals surface area (Å²) in [5.74, 6) is 0.177. The minimum atomic E-state index is -0.247. The van der Waals surface area contributed by atoms with Crippen molar-refractivity contribution in [3.05, 3.63) is 0 Å². The van der Waals surface area contributed by atoms with Crippen LogP contribution in [0.5, 0.6) is 0 Å². The summed E-state index contributed by atoms with van der Waals surface area (Å²) in [5.41, 5.74) is 0. The van der Waals surface area contributed by atoms with E-state index in [1.807, 2.05) is 0 Å². The van der Waals surface area contributed by atoms with E-state index in [0.717, 1.165) is 19.3 Å². The number of nitriles is 1. The molecule has 0 aromatic rings. The van der Waals surface area contributed by atoms with Crippen molar-refractivity contribution in [1.29, 1.82) is 5.26 Å². The van der Waals surface area contributed by atoms with Gasteiger partial charge in [0.2, 0.25) is 0 Å². The minimum absolute atomic E-state index is 0.00198. The van der Waals surface area contributed by atoms with E-state index in [-0.39, 0.29) is 24.3 Å². The topological polar surface area (TPSA) is 59.3 Å². The van der Waals surface area contributed by atoms with Crippen LogP contribution in [0.3, 0.4) is 0 Å². The maximum absolute atomic E-state index is 10.7. The van der Waals surface area contributed by atoms with Gasteiger partial charge in [0, 0.05) is 13.3 Å². The Morgan fingerprint density at radius 2 is 2.29 bits per heavy atom. The monoisotopic (exact) mass is 195 g/mol. The molecular weight excluding hydrogens is 182 g/mol. The molecule has 1 heterocycles. The number of fused-ring (bicyclic) bond motifs is 1. The Morgan fingerprint density at radius 3 is 2.86 bits per heavy atom. The van der Waals surface area contributed by atoms with Gasteiger partial charge in [0.15, 0.2) is 0 Å². The van der Waals surface area contributed by atoms with Crippen LogP contribution in [0.4, 0.5) is 0 Å². The summed E-state index contributed by atoms with van der Waals surface area (Å²) < 4.78 is 10.6. The van der Waals surface area contributed by atoms with Gasteiger partial charge in [-0.1, -0.05) is 0 Å². The third-order valence-electron chi connectivity index (χ3n) is 2.92. The van der Waals surface area contributed by atoms with Crippen molar-refractivity contribution in [3.63, 3.8) is 0 Å². The first-order chi connectivity index (χ1) is 6.69. The number of rotatable bonds is 1. The molecule has 2 rings (SSSR count). The van der Waals surface area contributed by atoms with Crippen LogP contribution in [0.2, 0.25) is 0 Å². The molecule has 4 nitrogen and oxygen atoms in total. The van der Waals surface area contributed by atoms with Gasteiger partial charge in [0.25, 0.3) is 0 Å². The molecule has 1 aliphatic heterocycles. The SMILES string of the molecule is CC(=O)O[C@H]1C[C@H]2C[C@@H](C#N)O[C@H]2C1. The molecule has 0 amide bonds. The van der Waals surface area contributed by atoms with E-state index in [2.05, 4.69) is 6.07 Å². The van der Waals surface area contributed by atoms with Crippen LogP contribution in [-0.4, -0.2) is 24.3 Å². The molecule has 0 aromatic heterocycles. The van der Waals surface area contributed by atoms with Gasteiger partial charge in [0.05, 0.1) is 12.2 Å². The van der Waals surface area contributed by atoms with E-state index < -0.39 is 0 Å². The van der Waals surface area contributed by atoms with Crippen molar-refractivity contribution in [2.75, 3.05) is 0 Å². The van der Waals surface area contributed by atoms with Crippen LogP contribution < -0.4 is 0 Å². The Kier molecular flexibility index (Phi) is 2.42. The molecule has 0 aromatic carbocycles. The summed E-state index contributed by atoms with van der Waals surface area (Å²) in [6, 6.07) is 2.12. The highest BCUT2D eigenvalue weighted by molar-refractivity contribution is 5.66. The highest BCUT2D eigenvalue weighted by Gasteiger charge is 2.43. The summed E-state index contributed by atoms with van der Waals surface area (Å²) in [5, 5.41) is 8.67. The zero-order valence-electron chi connectivity index (χ0n) is 8.10. The lowest BCUT2D eigenvalue weighted by Gasteiger charge is -2.11. The molecule has 0 N–H and O–H groups in total. The largest absolute Gasteiger partial charge is 0.462 e. The zero-order chi connectivity index (χ0) is 10.1. The van der Waals surface area contributed by atoms with Crippen molar-refractivity contribution in [2.24, 2.45) is 5.92 Å². The van der Waals surface area contributed by atoms with Crippen molar-refractivity contribution in [2.45, 2.75) is 44.5 Å². The van der Waals surface area contributed by atoms with E-state index in [1.165, 1.54) is 6.92 Å². The predicted octanol–water partition coefficient (Wildman–Crippen LogP) is 1.01. The van der Waals surface area contributed by atoms with Gasteiger partial charge in [-0.25, -0.2) is 0 Å². The van der Waals surface area contributed by atoms with Crippen LogP contribution in [0.1, 0.15) is 26.2 Å². The number of nitrogens with zero attached hydrogens (tertiary/aromatic N) is 1. The summed E-state index contributed by atoms with van der Waals surface area (Å²) in [7, 11) is 0. The first-order valence-electron chi connectivity index (χ1n) is 4.91. The molecule has 2 aliphatic rings. The third-order valence-corrected chi connectivity index (χ3v) is 2.92. The molecule has 0 spiro atoms. The van der Waals surface area contributed by atoms with Gasteiger partial charge in [-0.3, -0.25) is 4.79 Å². The number of ether oxygens (including phenoxy) is 2. The smallest absolute Gasteiger partial charge is 0.302 e. The average molecular weight is 195 g/mol. The second-order valence-electron chi connectivity index (χ2n) is 3.99. The van der Waals surface area contributed by atoms with Gasteiger partial charge in [0.1, 0.15) is 12.2 Å². The number of carbonyl (C=O) groups excluding carboxylic acids is 1. The molecule has 0 unspecified atom stereocenters. The molecule has 4 heteroatoms. The second-order valence-corrected chi connectivity index (χ2v) is 3.99. The van der Waals surface area contributed by atoms with Crippen LogP contribution in [-0.2, 0) is 14.3 Å². The Hall–Kier alpha value is -1.08. The predicted molar refractivity (Wildman–Crippen MR) is 47.2 cm³/mol. The van der Waals surface area contributed by atoms with Gasteiger partial charge in [-0.15, -0.1) is 0 Å². The fourth-order valence-electron chi connectivity index (χ4n) is 2.41. The van der Waals surface area contributed by atoms with Crippen LogP contribution in [0, 0.1) is 17.2 Å². The molecule has 1 saturated heterocycles. The van der Waals surface area contributed by atoms with E-state index in [0.29, 0.717) is 5.92 Å². The van der Waals surface area contributed by atoms with Crippen molar-refractivity contribution >= 4 is 5.97 Å². The molecule has 1 aliphatic carbocycles. The van der Waals surface area contributed by atoms with Gasteiger partial charge < -0.3 is 9.47 Å². The summed E-state index contributed by atoms with van der Waals surface area (Å²) in [6.45, 7) is 1.42. The van der Waals surface area contributed by atoms with Crippen molar-refractivity contribution in [1.82, 2.24) is 0 Å². The fourth-order valence-corrected chi connectivity index (χ4v) is 2.41. The lowest BCUT2D eigenvalue weighted by Crippen LogP contribution is -2.16. The normalized spacial score (nSPS) is 40.3. The Morgan fingerprint density at radius 1 is 1.50 bits per heavy atom. The molecule has 4 atom stereocenters. The maximum Gasteiger partial charge on any atom is 0.302 e. The van der Waals surface area contributed by atoms with Gasteiger partial charge in [-0.05, 0) is 18.8 Å². The van der Waals surface area contributed by atoms with Crippen LogP contribution in [0.25, 0.3) is 0 Å². The Balaban J connectivity index is 1.88. The lowest BCUT2D eigenvalue weighted by atomic mass is 10.0. The highest BCUT2D eigenvalue weighted by Crippen LogP contribution is 2.40. The van der Waals surface area contributed by atoms with E-state index >= 15 is 0 Å². The molecule has 0 bridgehead atoms. The number of esters is 1. The summed E-state index contributed by atoms with van der Waals surface area (Å²) in [6.07, 6.45) is 2.28. The van der Waals surface area contributed by atoms with Gasteiger partial charge in [-0.2, -0.15) is 5.26 Å². The summed E-state index contributed by atoms with van der Waals surface area (Å²) in [4.78, 5) is 10.7. The number of carbonyl (C=O) groups is 1. The van der Waals surface area contributed by atoms with Crippen molar-refractivity contribution in [3.8, 4) is 6.07 Å². The van der Waals surface area contributed by atoms with Crippen molar-refractivity contribution < 1.29 is 14.3 Å². The standard InChI is InChI=1S/C10H13NO3/c1-6(12)13-8-2-7-3-9(5-11)14-10(7)4-8/h7-10H,2-4H2,1H3/t7-,8-,9-,10-/m0/s1. The van der Waals surface area contributed by atoms with Gasteiger partial charge >= 0.3 is 5.97 Å². The first-order valence-corrected chi connectivity index (χ1v) is 4.91. The molecule has 76 valence electrons. The summed E-state index contributed by atoms with van der Waals surface area (Å²) >= 11 is 0. The minimum Gasteiger partial charge on any atom is -0.462 e. The third kappa shape index (κ3) is 1.73. The maximum atomic E-state index is 10.7. The molecular formula is C10H13NO3. The Labute approximate surface area is 82.8 Å². The first kappa shape index (κ1) is 9.47. The Bertz CT molecular complexity index is 270. The quantitative estimate of drug-likeness (QED) is 0.586. The molecule has 2 fully saturated rings.